The Balaban J connectivity index is 3.49. The van der Waals surface area contributed by atoms with Crippen LogP contribution < -0.4 is 0 Å². The average Bonchev–Trinajstić information content (AvgIpc) is 1.68. The highest BCUT2D eigenvalue weighted by Crippen LogP contribution is 1.75. The molecule has 1 nitrogen and oxygen atoms in total. The van der Waals surface area contributed by atoms with E-state index in [2.05, 4.69) is 11.6 Å². The molecule has 0 aromatic carbocycles. The van der Waals surface area contributed by atoms with Gasteiger partial charge in [0.05, 0.1) is 0 Å². The van der Waals surface area contributed by atoms with Crippen molar-refractivity contribution in [3.05, 3.63) is 12.7 Å². The van der Waals surface area contributed by atoms with Crippen LogP contribution in [0.2, 0.25) is 0 Å². The van der Waals surface area contributed by atoms with E-state index in [0.29, 0.717) is 0 Å². The maximum absolute atomic E-state index is 4.04. The topological polar surface area (TPSA) is 12.4 Å². The van der Waals surface area contributed by atoms with E-state index in [9.17, 15) is 0 Å². The molecule has 0 saturated carbocycles. The molecule has 0 bridgehead atoms. The Morgan fingerprint density at radius 3 is 2.57 bits per heavy atom. The molecule has 0 spiro atoms. The molecule has 0 saturated heterocycles. The predicted octanol–water partition coefficient (Wildman–Crippen LogP) is 1.65. The largest absolute Gasteiger partial charge is 0.290 e. The highest BCUT2D eigenvalue weighted by Gasteiger charge is 1.72. The summed E-state index contributed by atoms with van der Waals surface area (Å²) in [5, 5.41) is 0. The Morgan fingerprint density at radius 2 is 2.43 bits per heavy atom. The van der Waals surface area contributed by atoms with Crippen molar-refractivity contribution in [2.45, 2.75) is 13.8 Å². The van der Waals surface area contributed by atoms with Crippen molar-refractivity contribution in [2.24, 2.45) is 4.99 Å². The molecule has 0 unspecified atom stereocenters. The first-order valence-electron chi connectivity index (χ1n) is 2.44. The van der Waals surface area contributed by atoms with Crippen LogP contribution in [-0.2, 0) is 0 Å². The number of aliphatic imine (C=N–C) groups is 1. The lowest BCUT2D eigenvalue weighted by Gasteiger charge is -1.83. The van der Waals surface area contributed by atoms with Crippen molar-refractivity contribution in [1.82, 2.24) is 0 Å². The van der Waals surface area contributed by atoms with Crippen LogP contribution in [0, 0.1) is 0 Å². The number of hydrogen-bond acceptors (Lipinski definition) is 1. The van der Waals surface area contributed by atoms with Gasteiger partial charge in [-0.2, -0.15) is 0 Å². The quantitative estimate of drug-likeness (QED) is 0.464. The molecule has 0 amide bonds. The zero-order valence-electron chi connectivity index (χ0n) is 4.94. The Bertz CT molecular complexity index is 82.2. The fraction of sp³-hybridized carbons (Fsp3) is 0.500. The number of nitrogens with zero attached hydrogens (tertiary/aromatic N) is 1. The molecule has 0 atom stereocenters. The van der Waals surface area contributed by atoms with Gasteiger partial charge in [-0.05, 0) is 19.9 Å². The Morgan fingerprint density at radius 1 is 1.86 bits per heavy atom. The minimum absolute atomic E-state index is 0.859. The monoisotopic (exact) mass is 97.1 g/mol. The van der Waals surface area contributed by atoms with Crippen LogP contribution >= 0.6 is 0 Å². The minimum Gasteiger partial charge on any atom is -0.290 e. The summed E-state index contributed by atoms with van der Waals surface area (Å²) in [6.07, 6.45) is 1.75. The molecule has 0 heterocycles. The van der Waals surface area contributed by atoms with Crippen LogP contribution in [0.1, 0.15) is 13.8 Å². The summed E-state index contributed by atoms with van der Waals surface area (Å²) >= 11 is 0. The molecular formula is C6H11N. The summed E-state index contributed by atoms with van der Waals surface area (Å²) in [6, 6.07) is 0. The van der Waals surface area contributed by atoms with Gasteiger partial charge in [-0.15, -0.1) is 0 Å². The Kier molecular flexibility index (Phi) is 3.29. The van der Waals surface area contributed by atoms with E-state index in [-0.39, 0.29) is 0 Å². The molecule has 0 aliphatic carbocycles. The van der Waals surface area contributed by atoms with Crippen LogP contribution in [-0.4, -0.2) is 12.3 Å². The zero-order chi connectivity index (χ0) is 5.70. The summed E-state index contributed by atoms with van der Waals surface area (Å²) in [7, 11) is 0. The maximum Gasteiger partial charge on any atom is 0.0364 e. The Hall–Kier alpha value is -0.590. The first kappa shape index (κ1) is 6.41. The van der Waals surface area contributed by atoms with Crippen molar-refractivity contribution in [1.29, 1.82) is 0 Å². The summed E-state index contributed by atoms with van der Waals surface area (Å²) in [4.78, 5) is 4.04. The lowest BCUT2D eigenvalue weighted by atomic mass is 10.4. The van der Waals surface area contributed by atoms with Gasteiger partial charge in [0.25, 0.3) is 0 Å². The smallest absolute Gasteiger partial charge is 0.0364 e. The van der Waals surface area contributed by atoms with Crippen molar-refractivity contribution in [2.75, 3.05) is 6.54 Å². The third-order valence-electron chi connectivity index (χ3n) is 0.703. The fourth-order valence-corrected chi connectivity index (χ4v) is 0.314. The molecule has 0 aromatic heterocycles. The highest BCUT2D eigenvalue weighted by molar-refractivity contribution is 5.92. The van der Waals surface area contributed by atoms with Gasteiger partial charge in [0.15, 0.2) is 0 Å². The molecule has 40 valence electrons. The second-order valence-electron chi connectivity index (χ2n) is 1.32. The first-order chi connectivity index (χ1) is 3.31. The van der Waals surface area contributed by atoms with E-state index in [1.54, 1.807) is 6.08 Å². The number of rotatable bonds is 2. The first-order valence-corrected chi connectivity index (χ1v) is 2.44. The van der Waals surface area contributed by atoms with Crippen LogP contribution in [0.15, 0.2) is 17.6 Å². The summed E-state index contributed by atoms with van der Waals surface area (Å²) in [5.41, 5.74) is 1.02. The molecule has 0 aromatic rings. The number of hydrogen-bond donors (Lipinski definition) is 0. The zero-order valence-corrected chi connectivity index (χ0v) is 4.94. The van der Waals surface area contributed by atoms with Crippen molar-refractivity contribution in [3.8, 4) is 0 Å². The molecule has 0 aliphatic rings. The van der Waals surface area contributed by atoms with Crippen LogP contribution in [0.25, 0.3) is 0 Å². The van der Waals surface area contributed by atoms with Crippen LogP contribution in [0.4, 0.5) is 0 Å². The van der Waals surface area contributed by atoms with Gasteiger partial charge in [-0.1, -0.05) is 6.58 Å². The molecule has 0 fully saturated rings. The standard InChI is InChI=1S/C6H11N/c1-4-6(3)7-5-2/h4H,1,5H2,2-3H3. The average molecular weight is 97.2 g/mol. The minimum atomic E-state index is 0.859. The van der Waals surface area contributed by atoms with Crippen LogP contribution in [0.3, 0.4) is 0 Å². The molecule has 0 rings (SSSR count). The van der Waals surface area contributed by atoms with E-state index in [1.165, 1.54) is 0 Å². The van der Waals surface area contributed by atoms with E-state index in [4.69, 9.17) is 0 Å². The number of allylic oxidation sites excluding steroid dienone is 1. The maximum atomic E-state index is 4.04. The SMILES string of the molecule is C=CC(C)=NCC. The van der Waals surface area contributed by atoms with E-state index in [0.717, 1.165) is 12.3 Å². The lowest BCUT2D eigenvalue weighted by Crippen LogP contribution is -1.82. The normalized spacial score (nSPS) is 11.4. The lowest BCUT2D eigenvalue weighted by molar-refractivity contribution is 1.13. The van der Waals surface area contributed by atoms with Gasteiger partial charge < -0.3 is 0 Å². The molecule has 1 heteroatoms. The molecule has 0 N–H and O–H groups in total. The molecule has 7 heavy (non-hydrogen) atoms. The third kappa shape index (κ3) is 3.23. The van der Waals surface area contributed by atoms with Gasteiger partial charge in [-0.25, -0.2) is 0 Å². The van der Waals surface area contributed by atoms with E-state index in [1.807, 2.05) is 13.8 Å². The van der Waals surface area contributed by atoms with Crippen molar-refractivity contribution < 1.29 is 0 Å². The third-order valence-corrected chi connectivity index (χ3v) is 0.703. The summed E-state index contributed by atoms with van der Waals surface area (Å²) < 4.78 is 0. The highest BCUT2D eigenvalue weighted by atomic mass is 14.7. The summed E-state index contributed by atoms with van der Waals surface area (Å²) in [5.74, 6) is 0. The predicted molar refractivity (Wildman–Crippen MR) is 33.8 cm³/mol. The van der Waals surface area contributed by atoms with Crippen molar-refractivity contribution >= 4 is 5.71 Å². The second kappa shape index (κ2) is 3.59. The van der Waals surface area contributed by atoms with Gasteiger partial charge in [0.2, 0.25) is 0 Å². The molecule has 0 radical (unpaired) electrons. The summed E-state index contributed by atoms with van der Waals surface area (Å²) in [6.45, 7) is 8.36. The fourth-order valence-electron chi connectivity index (χ4n) is 0.314. The van der Waals surface area contributed by atoms with Gasteiger partial charge in [-0.3, -0.25) is 4.99 Å². The molecule has 0 aliphatic heterocycles. The van der Waals surface area contributed by atoms with Crippen molar-refractivity contribution in [3.63, 3.8) is 0 Å². The van der Waals surface area contributed by atoms with Crippen LogP contribution in [0.5, 0.6) is 0 Å². The van der Waals surface area contributed by atoms with Gasteiger partial charge >= 0.3 is 0 Å². The molecular weight excluding hydrogens is 86.1 g/mol. The second-order valence-corrected chi connectivity index (χ2v) is 1.32. The Labute approximate surface area is 44.8 Å². The van der Waals surface area contributed by atoms with E-state index >= 15 is 0 Å². The van der Waals surface area contributed by atoms with Gasteiger partial charge in [0.1, 0.15) is 0 Å². The van der Waals surface area contributed by atoms with E-state index < -0.39 is 0 Å². The van der Waals surface area contributed by atoms with Gasteiger partial charge in [0, 0.05) is 12.3 Å².